The highest BCUT2D eigenvalue weighted by Gasteiger charge is 2.18. The number of fused-ring (bicyclic) bond motifs is 1. The topological polar surface area (TPSA) is 76.7 Å². The minimum Gasteiger partial charge on any atom is -0.493 e. The molecule has 0 aromatic heterocycles. The Hall–Kier alpha value is -3.36. The van der Waals surface area contributed by atoms with Gasteiger partial charge in [0, 0.05) is 31.1 Å². The number of halogens is 2. The van der Waals surface area contributed by atoms with Crippen LogP contribution >= 0.6 is 31.9 Å². The van der Waals surface area contributed by atoms with E-state index in [1.165, 1.54) is 0 Å². The molecule has 4 aromatic carbocycles. The normalized spacial score (nSPS) is 10.8. The SMILES string of the molecule is CCCCOc1ccc(Br)cc1C(=O)Nc1cccc2c(NC(=O)c3cc(Br)ccc3OCCCC)cccc12. The van der Waals surface area contributed by atoms with Crippen molar-refractivity contribution in [2.45, 2.75) is 39.5 Å². The molecule has 0 unspecified atom stereocenters. The van der Waals surface area contributed by atoms with Crippen molar-refractivity contribution in [1.29, 1.82) is 0 Å². The fourth-order valence-corrected chi connectivity index (χ4v) is 4.89. The molecule has 0 heterocycles. The maximum absolute atomic E-state index is 13.4. The highest BCUT2D eigenvalue weighted by Crippen LogP contribution is 2.32. The maximum Gasteiger partial charge on any atom is 0.259 e. The molecule has 0 saturated heterocycles. The van der Waals surface area contributed by atoms with Crippen LogP contribution in [0.3, 0.4) is 0 Å². The van der Waals surface area contributed by atoms with E-state index in [0.29, 0.717) is 47.2 Å². The van der Waals surface area contributed by atoms with E-state index in [2.05, 4.69) is 56.3 Å². The molecule has 6 nitrogen and oxygen atoms in total. The molecular weight excluding hydrogens is 636 g/mol. The number of ether oxygens (including phenoxy) is 2. The fraction of sp³-hybridized carbons (Fsp3) is 0.250. The van der Waals surface area contributed by atoms with E-state index >= 15 is 0 Å². The Morgan fingerprint density at radius 3 is 1.48 bits per heavy atom. The van der Waals surface area contributed by atoms with Gasteiger partial charge in [-0.05, 0) is 61.4 Å². The number of rotatable bonds is 12. The van der Waals surface area contributed by atoms with Crippen LogP contribution in [0.2, 0.25) is 0 Å². The number of nitrogens with one attached hydrogen (secondary N) is 2. The van der Waals surface area contributed by atoms with Gasteiger partial charge in [0.2, 0.25) is 0 Å². The third-order valence-electron chi connectivity index (χ3n) is 6.30. The molecule has 0 saturated carbocycles. The number of benzene rings is 4. The standard InChI is InChI=1S/C32H32Br2N2O4/c1-3-5-17-39-29-15-13-21(33)19-25(29)31(37)35-27-11-7-10-24-23(27)9-8-12-28(24)36-32(38)26-20-22(34)14-16-30(26)40-18-6-4-2/h7-16,19-20H,3-6,17-18H2,1-2H3,(H,35,37)(H,36,38). The van der Waals surface area contributed by atoms with Gasteiger partial charge in [-0.1, -0.05) is 82.8 Å². The molecular formula is C32H32Br2N2O4. The zero-order valence-corrected chi connectivity index (χ0v) is 25.7. The highest BCUT2D eigenvalue weighted by atomic mass is 79.9. The summed E-state index contributed by atoms with van der Waals surface area (Å²) in [5.74, 6) is 0.511. The van der Waals surface area contributed by atoms with E-state index in [9.17, 15) is 9.59 Å². The van der Waals surface area contributed by atoms with Gasteiger partial charge in [0.25, 0.3) is 11.8 Å². The summed E-state index contributed by atoms with van der Waals surface area (Å²) in [5.41, 5.74) is 2.14. The molecule has 0 spiro atoms. The molecule has 4 aromatic rings. The van der Waals surface area contributed by atoms with Crippen LogP contribution in [-0.2, 0) is 0 Å². The third kappa shape index (κ3) is 7.43. The van der Waals surface area contributed by atoms with Crippen molar-refractivity contribution in [3.8, 4) is 11.5 Å². The quantitative estimate of drug-likeness (QED) is 0.148. The Kier molecular flexibility index (Phi) is 10.6. The van der Waals surface area contributed by atoms with Crippen molar-refractivity contribution in [3.05, 3.63) is 92.9 Å². The number of amides is 2. The molecule has 40 heavy (non-hydrogen) atoms. The zero-order chi connectivity index (χ0) is 28.5. The second-order valence-electron chi connectivity index (χ2n) is 9.30. The number of unbranched alkanes of at least 4 members (excludes halogenated alkanes) is 2. The van der Waals surface area contributed by atoms with E-state index < -0.39 is 0 Å². The number of carbonyl (C=O) groups excluding carboxylic acids is 2. The fourth-order valence-electron chi connectivity index (χ4n) is 4.17. The highest BCUT2D eigenvalue weighted by molar-refractivity contribution is 9.10. The Labute approximate surface area is 251 Å². The van der Waals surface area contributed by atoms with Crippen LogP contribution in [-0.4, -0.2) is 25.0 Å². The van der Waals surface area contributed by atoms with Crippen LogP contribution in [0.1, 0.15) is 60.2 Å². The van der Waals surface area contributed by atoms with Crippen LogP contribution in [0.25, 0.3) is 10.8 Å². The van der Waals surface area contributed by atoms with E-state index in [1.807, 2.05) is 48.5 Å². The van der Waals surface area contributed by atoms with Gasteiger partial charge in [-0.3, -0.25) is 9.59 Å². The summed E-state index contributed by atoms with van der Waals surface area (Å²) in [6.45, 7) is 5.27. The number of carbonyl (C=O) groups is 2. The molecule has 0 fully saturated rings. The predicted octanol–water partition coefficient (Wildman–Crippen LogP) is 9.23. The molecule has 0 aliphatic carbocycles. The van der Waals surface area contributed by atoms with Crippen molar-refractivity contribution >= 4 is 65.8 Å². The molecule has 0 atom stereocenters. The van der Waals surface area contributed by atoms with Gasteiger partial charge in [0.1, 0.15) is 11.5 Å². The van der Waals surface area contributed by atoms with E-state index in [1.54, 1.807) is 24.3 Å². The first-order valence-electron chi connectivity index (χ1n) is 13.4. The average molecular weight is 668 g/mol. The van der Waals surface area contributed by atoms with Gasteiger partial charge in [0.05, 0.1) is 24.3 Å². The minimum atomic E-state index is -0.280. The Morgan fingerprint density at radius 2 is 1.07 bits per heavy atom. The van der Waals surface area contributed by atoms with Crippen molar-refractivity contribution in [2.75, 3.05) is 23.8 Å². The molecule has 2 amide bonds. The molecule has 0 bridgehead atoms. The lowest BCUT2D eigenvalue weighted by Crippen LogP contribution is -2.15. The molecule has 0 aliphatic heterocycles. The van der Waals surface area contributed by atoms with Crippen molar-refractivity contribution in [3.63, 3.8) is 0 Å². The Morgan fingerprint density at radius 1 is 0.650 bits per heavy atom. The van der Waals surface area contributed by atoms with Crippen LogP contribution < -0.4 is 20.1 Å². The van der Waals surface area contributed by atoms with Gasteiger partial charge < -0.3 is 20.1 Å². The zero-order valence-electron chi connectivity index (χ0n) is 22.6. The summed E-state index contributed by atoms with van der Waals surface area (Å²) >= 11 is 6.93. The Bertz CT molecular complexity index is 1390. The first kappa shape index (κ1) is 29.6. The number of hydrogen-bond donors (Lipinski definition) is 2. The predicted molar refractivity (Wildman–Crippen MR) is 169 cm³/mol. The molecule has 4 rings (SSSR count). The van der Waals surface area contributed by atoms with E-state index in [0.717, 1.165) is 45.4 Å². The molecule has 2 N–H and O–H groups in total. The summed E-state index contributed by atoms with van der Waals surface area (Å²) in [6, 6.07) is 22.0. The van der Waals surface area contributed by atoms with Crippen molar-refractivity contribution in [2.24, 2.45) is 0 Å². The van der Waals surface area contributed by atoms with Crippen molar-refractivity contribution < 1.29 is 19.1 Å². The van der Waals surface area contributed by atoms with Crippen LogP contribution in [0.4, 0.5) is 11.4 Å². The minimum absolute atomic E-state index is 0.280. The molecule has 0 aliphatic rings. The molecule has 0 radical (unpaired) electrons. The third-order valence-corrected chi connectivity index (χ3v) is 7.29. The maximum atomic E-state index is 13.4. The smallest absolute Gasteiger partial charge is 0.259 e. The van der Waals surface area contributed by atoms with Crippen LogP contribution in [0, 0.1) is 0 Å². The van der Waals surface area contributed by atoms with Gasteiger partial charge in [-0.25, -0.2) is 0 Å². The lowest BCUT2D eigenvalue weighted by Gasteiger charge is -2.15. The summed E-state index contributed by atoms with van der Waals surface area (Å²) in [4.78, 5) is 26.8. The Balaban J connectivity index is 1.60. The lowest BCUT2D eigenvalue weighted by molar-refractivity contribution is 0.101. The van der Waals surface area contributed by atoms with E-state index in [-0.39, 0.29) is 11.8 Å². The van der Waals surface area contributed by atoms with Gasteiger partial charge >= 0.3 is 0 Å². The number of hydrogen-bond acceptors (Lipinski definition) is 4. The van der Waals surface area contributed by atoms with Gasteiger partial charge in [-0.15, -0.1) is 0 Å². The van der Waals surface area contributed by atoms with Crippen LogP contribution in [0.15, 0.2) is 81.7 Å². The van der Waals surface area contributed by atoms with Crippen molar-refractivity contribution in [1.82, 2.24) is 0 Å². The monoisotopic (exact) mass is 666 g/mol. The second kappa shape index (κ2) is 14.3. The van der Waals surface area contributed by atoms with Gasteiger partial charge in [0.15, 0.2) is 0 Å². The lowest BCUT2D eigenvalue weighted by atomic mass is 10.1. The summed E-state index contributed by atoms with van der Waals surface area (Å²) in [6.07, 6.45) is 3.81. The first-order valence-corrected chi connectivity index (χ1v) is 15.0. The summed E-state index contributed by atoms with van der Waals surface area (Å²) in [7, 11) is 0. The molecule has 8 heteroatoms. The largest absolute Gasteiger partial charge is 0.493 e. The molecule has 208 valence electrons. The summed E-state index contributed by atoms with van der Waals surface area (Å²) < 4.78 is 13.4. The average Bonchev–Trinajstić information content (AvgIpc) is 2.95. The van der Waals surface area contributed by atoms with Crippen LogP contribution in [0.5, 0.6) is 11.5 Å². The summed E-state index contributed by atoms with van der Waals surface area (Å²) in [5, 5.41) is 7.67. The van der Waals surface area contributed by atoms with E-state index in [4.69, 9.17) is 9.47 Å². The second-order valence-corrected chi connectivity index (χ2v) is 11.1. The van der Waals surface area contributed by atoms with Gasteiger partial charge in [-0.2, -0.15) is 0 Å². The first-order chi connectivity index (χ1) is 19.4. The number of anilines is 2.